The van der Waals surface area contributed by atoms with Gasteiger partial charge in [0.25, 0.3) is 0 Å². The molecule has 2 atom stereocenters. The molecule has 0 saturated carbocycles. The van der Waals surface area contributed by atoms with Crippen molar-refractivity contribution in [2.24, 2.45) is 5.92 Å². The van der Waals surface area contributed by atoms with Gasteiger partial charge in [0, 0.05) is 32.0 Å². The molecular weight excluding hydrogens is 230 g/mol. The summed E-state index contributed by atoms with van der Waals surface area (Å²) in [6, 6.07) is 3.41. The van der Waals surface area contributed by atoms with Crippen LogP contribution in [0.15, 0.2) is 24.5 Å². The van der Waals surface area contributed by atoms with E-state index in [0.717, 1.165) is 12.1 Å². The molecule has 5 nitrogen and oxygen atoms in total. The third-order valence-electron chi connectivity index (χ3n) is 3.22. The maximum atomic E-state index is 11.9. The number of rotatable bonds is 3. The smallest absolute Gasteiger partial charge is 0.239 e. The summed E-state index contributed by atoms with van der Waals surface area (Å²) in [5.41, 5.74) is 1.10. The molecule has 1 aromatic heterocycles. The van der Waals surface area contributed by atoms with Crippen LogP contribution in [0.1, 0.15) is 12.5 Å². The summed E-state index contributed by atoms with van der Waals surface area (Å²) in [4.78, 5) is 17.9. The molecule has 2 heterocycles. The molecule has 2 unspecified atom stereocenters. The molecule has 0 aromatic carbocycles. The second-order valence-electron chi connectivity index (χ2n) is 4.83. The number of amides is 1. The Bertz CT molecular complexity index is 396. The standard InChI is InChI=1S/C13H19N3O2/c1-10-6-15-13(18)12(9-17)16(7-10)8-11-2-4-14-5-3-11/h2-5,10,12,17H,6-9H2,1H3,(H,15,18). The zero-order chi connectivity index (χ0) is 13.0. The Morgan fingerprint density at radius 2 is 2.22 bits per heavy atom. The van der Waals surface area contributed by atoms with Crippen molar-refractivity contribution in [2.45, 2.75) is 19.5 Å². The fourth-order valence-electron chi connectivity index (χ4n) is 2.25. The average molecular weight is 249 g/mol. The van der Waals surface area contributed by atoms with E-state index in [1.165, 1.54) is 0 Å². The number of aliphatic hydroxyl groups excluding tert-OH is 1. The zero-order valence-corrected chi connectivity index (χ0v) is 10.5. The molecule has 18 heavy (non-hydrogen) atoms. The van der Waals surface area contributed by atoms with Gasteiger partial charge < -0.3 is 10.4 Å². The first-order valence-electron chi connectivity index (χ1n) is 6.22. The summed E-state index contributed by atoms with van der Waals surface area (Å²) in [6.45, 7) is 4.07. The van der Waals surface area contributed by atoms with Crippen molar-refractivity contribution in [2.75, 3.05) is 19.7 Å². The highest BCUT2D eigenvalue weighted by molar-refractivity contribution is 5.82. The van der Waals surface area contributed by atoms with E-state index < -0.39 is 6.04 Å². The highest BCUT2D eigenvalue weighted by Gasteiger charge is 2.29. The molecule has 1 fully saturated rings. The number of hydrogen-bond donors (Lipinski definition) is 2. The van der Waals surface area contributed by atoms with Gasteiger partial charge in [0.05, 0.1) is 6.61 Å². The van der Waals surface area contributed by atoms with E-state index in [-0.39, 0.29) is 12.5 Å². The molecule has 0 aliphatic carbocycles. The summed E-state index contributed by atoms with van der Waals surface area (Å²) >= 11 is 0. The van der Waals surface area contributed by atoms with Crippen molar-refractivity contribution in [3.8, 4) is 0 Å². The first-order chi connectivity index (χ1) is 8.70. The first kappa shape index (κ1) is 13.0. The van der Waals surface area contributed by atoms with Crippen molar-refractivity contribution in [1.82, 2.24) is 15.2 Å². The topological polar surface area (TPSA) is 65.5 Å². The van der Waals surface area contributed by atoms with Gasteiger partial charge in [-0.05, 0) is 23.6 Å². The van der Waals surface area contributed by atoms with Crippen LogP contribution in [0.25, 0.3) is 0 Å². The van der Waals surface area contributed by atoms with Gasteiger partial charge in [-0.2, -0.15) is 0 Å². The number of carbonyl (C=O) groups excluding carboxylic acids is 1. The fourth-order valence-corrected chi connectivity index (χ4v) is 2.25. The molecule has 1 amide bonds. The summed E-state index contributed by atoms with van der Waals surface area (Å²) in [5.74, 6) is 0.295. The van der Waals surface area contributed by atoms with E-state index in [2.05, 4.69) is 17.2 Å². The lowest BCUT2D eigenvalue weighted by molar-refractivity contribution is -0.127. The number of nitrogens with one attached hydrogen (secondary N) is 1. The molecule has 98 valence electrons. The monoisotopic (exact) mass is 249 g/mol. The molecule has 1 aliphatic heterocycles. The van der Waals surface area contributed by atoms with Gasteiger partial charge in [-0.15, -0.1) is 0 Å². The minimum Gasteiger partial charge on any atom is -0.394 e. The number of hydrogen-bond acceptors (Lipinski definition) is 4. The lowest BCUT2D eigenvalue weighted by Crippen LogP contribution is -2.46. The normalized spacial score (nSPS) is 25.6. The Kier molecular flexibility index (Phi) is 4.28. The number of pyridine rings is 1. The molecule has 0 bridgehead atoms. The third-order valence-corrected chi connectivity index (χ3v) is 3.22. The number of aliphatic hydroxyl groups is 1. The minimum absolute atomic E-state index is 0.0871. The van der Waals surface area contributed by atoms with E-state index >= 15 is 0 Å². The second kappa shape index (κ2) is 5.93. The molecule has 1 aromatic rings. The molecule has 0 radical (unpaired) electrons. The van der Waals surface area contributed by atoms with Crippen LogP contribution in [-0.4, -0.2) is 46.6 Å². The van der Waals surface area contributed by atoms with Gasteiger partial charge in [0.15, 0.2) is 0 Å². The Morgan fingerprint density at radius 3 is 2.89 bits per heavy atom. The summed E-state index contributed by atoms with van der Waals surface area (Å²) < 4.78 is 0. The van der Waals surface area contributed by atoms with E-state index in [9.17, 15) is 9.90 Å². The van der Waals surface area contributed by atoms with Gasteiger partial charge in [0.2, 0.25) is 5.91 Å². The predicted octanol–water partition coefficient (Wildman–Crippen LogP) is 0.0104. The Hall–Kier alpha value is -1.46. The highest BCUT2D eigenvalue weighted by Crippen LogP contribution is 2.13. The van der Waals surface area contributed by atoms with Gasteiger partial charge in [-0.3, -0.25) is 14.7 Å². The third kappa shape index (κ3) is 3.05. The van der Waals surface area contributed by atoms with Crippen molar-refractivity contribution in [3.63, 3.8) is 0 Å². The SMILES string of the molecule is CC1CNC(=O)C(CO)N(Cc2ccncc2)C1. The molecule has 2 N–H and O–H groups in total. The molecule has 5 heteroatoms. The Balaban J connectivity index is 2.13. The summed E-state index contributed by atoms with van der Waals surface area (Å²) in [5, 5.41) is 12.3. The van der Waals surface area contributed by atoms with E-state index in [1.807, 2.05) is 17.0 Å². The van der Waals surface area contributed by atoms with Gasteiger partial charge in [-0.1, -0.05) is 6.92 Å². The van der Waals surface area contributed by atoms with Gasteiger partial charge in [0.1, 0.15) is 6.04 Å². The lowest BCUT2D eigenvalue weighted by Gasteiger charge is -2.27. The maximum Gasteiger partial charge on any atom is 0.239 e. The summed E-state index contributed by atoms with van der Waals surface area (Å²) in [6.07, 6.45) is 3.48. The van der Waals surface area contributed by atoms with Crippen LogP contribution >= 0.6 is 0 Å². The molecule has 0 spiro atoms. The molecular formula is C13H19N3O2. The van der Waals surface area contributed by atoms with Crippen LogP contribution in [-0.2, 0) is 11.3 Å². The van der Waals surface area contributed by atoms with Crippen molar-refractivity contribution in [1.29, 1.82) is 0 Å². The Morgan fingerprint density at radius 1 is 1.50 bits per heavy atom. The predicted molar refractivity (Wildman–Crippen MR) is 67.7 cm³/mol. The molecule has 1 saturated heterocycles. The second-order valence-corrected chi connectivity index (χ2v) is 4.83. The average Bonchev–Trinajstić information content (AvgIpc) is 2.50. The van der Waals surface area contributed by atoms with E-state index in [4.69, 9.17) is 0 Å². The number of aromatic nitrogens is 1. The maximum absolute atomic E-state index is 11.9. The van der Waals surface area contributed by atoms with E-state index in [1.54, 1.807) is 12.4 Å². The number of nitrogens with zero attached hydrogens (tertiary/aromatic N) is 2. The van der Waals surface area contributed by atoms with Crippen molar-refractivity contribution in [3.05, 3.63) is 30.1 Å². The van der Waals surface area contributed by atoms with Crippen LogP contribution in [0, 0.1) is 5.92 Å². The molecule has 1 aliphatic rings. The fraction of sp³-hybridized carbons (Fsp3) is 0.538. The van der Waals surface area contributed by atoms with E-state index in [0.29, 0.717) is 19.0 Å². The minimum atomic E-state index is -0.455. The van der Waals surface area contributed by atoms with Crippen LogP contribution in [0.5, 0.6) is 0 Å². The first-order valence-corrected chi connectivity index (χ1v) is 6.22. The van der Waals surface area contributed by atoms with Crippen LogP contribution in [0.2, 0.25) is 0 Å². The number of carbonyl (C=O) groups is 1. The van der Waals surface area contributed by atoms with Gasteiger partial charge in [-0.25, -0.2) is 0 Å². The van der Waals surface area contributed by atoms with Crippen LogP contribution in [0.3, 0.4) is 0 Å². The van der Waals surface area contributed by atoms with Gasteiger partial charge >= 0.3 is 0 Å². The zero-order valence-electron chi connectivity index (χ0n) is 10.5. The molecule has 2 rings (SSSR count). The summed E-state index contributed by atoms with van der Waals surface area (Å²) in [7, 11) is 0. The van der Waals surface area contributed by atoms with Crippen molar-refractivity contribution >= 4 is 5.91 Å². The van der Waals surface area contributed by atoms with Crippen LogP contribution in [0.4, 0.5) is 0 Å². The Labute approximate surface area is 107 Å². The quantitative estimate of drug-likeness (QED) is 0.792. The largest absolute Gasteiger partial charge is 0.394 e. The lowest BCUT2D eigenvalue weighted by atomic mass is 10.1. The highest BCUT2D eigenvalue weighted by atomic mass is 16.3. The van der Waals surface area contributed by atoms with Crippen molar-refractivity contribution < 1.29 is 9.90 Å². The van der Waals surface area contributed by atoms with Crippen LogP contribution < -0.4 is 5.32 Å².